The van der Waals surface area contributed by atoms with Crippen LogP contribution in [0.1, 0.15) is 32.4 Å². The predicted molar refractivity (Wildman–Crippen MR) is 79.6 cm³/mol. The van der Waals surface area contributed by atoms with Gasteiger partial charge in [-0.2, -0.15) is 0 Å². The summed E-state index contributed by atoms with van der Waals surface area (Å²) in [5, 5.41) is 10.7. The van der Waals surface area contributed by atoms with Crippen LogP contribution in [0.4, 0.5) is 10.5 Å². The molecule has 1 atom stereocenters. The minimum absolute atomic E-state index is 0.0179. The Morgan fingerprint density at radius 2 is 2.00 bits per heavy atom. The van der Waals surface area contributed by atoms with Gasteiger partial charge in [0.25, 0.3) is 5.69 Å². The molecule has 1 aliphatic rings. The number of non-ortho nitro benzene ring substituents is 1. The average Bonchev–Trinajstić information content (AvgIpc) is 2.45. The van der Waals surface area contributed by atoms with Gasteiger partial charge in [-0.05, 0) is 26.3 Å². The Balaban J connectivity index is 2.19. The van der Waals surface area contributed by atoms with E-state index in [1.54, 1.807) is 17.0 Å². The number of rotatable bonds is 2. The molecular formula is C15H20N2O5. The average molecular weight is 308 g/mol. The van der Waals surface area contributed by atoms with Crippen LogP contribution in [0.25, 0.3) is 0 Å². The van der Waals surface area contributed by atoms with Gasteiger partial charge < -0.3 is 9.47 Å². The topological polar surface area (TPSA) is 81.9 Å². The lowest BCUT2D eigenvalue weighted by Gasteiger charge is -2.36. The van der Waals surface area contributed by atoms with Crippen LogP contribution < -0.4 is 0 Å². The molecule has 2 rings (SSSR count). The number of carbonyl (C=O) groups is 1. The number of carbonyl (C=O) groups excluding carboxylic acids is 1. The molecule has 1 saturated heterocycles. The summed E-state index contributed by atoms with van der Waals surface area (Å²) in [6.07, 6.45) is -0.404. The van der Waals surface area contributed by atoms with Gasteiger partial charge >= 0.3 is 6.09 Å². The largest absolute Gasteiger partial charge is 0.444 e. The Morgan fingerprint density at radius 3 is 2.55 bits per heavy atom. The van der Waals surface area contributed by atoms with Crippen LogP contribution >= 0.6 is 0 Å². The van der Waals surface area contributed by atoms with Crippen LogP contribution in [0.15, 0.2) is 24.3 Å². The number of nitro groups is 1. The first kappa shape index (κ1) is 16.2. The fourth-order valence-corrected chi connectivity index (χ4v) is 2.24. The third-order valence-corrected chi connectivity index (χ3v) is 3.25. The van der Waals surface area contributed by atoms with E-state index in [2.05, 4.69) is 0 Å². The third kappa shape index (κ3) is 3.94. The molecular weight excluding hydrogens is 288 g/mol. The van der Waals surface area contributed by atoms with Gasteiger partial charge in [0.2, 0.25) is 0 Å². The molecule has 1 aromatic rings. The molecule has 1 fully saturated rings. The van der Waals surface area contributed by atoms with Crippen molar-refractivity contribution in [2.75, 3.05) is 19.8 Å². The van der Waals surface area contributed by atoms with E-state index in [1.165, 1.54) is 12.1 Å². The molecule has 120 valence electrons. The van der Waals surface area contributed by atoms with Crippen molar-refractivity contribution in [2.45, 2.75) is 32.4 Å². The Morgan fingerprint density at radius 1 is 1.36 bits per heavy atom. The minimum atomic E-state index is -0.574. The smallest absolute Gasteiger partial charge is 0.410 e. The zero-order valence-corrected chi connectivity index (χ0v) is 12.9. The molecule has 0 aliphatic carbocycles. The number of hydrogen-bond acceptors (Lipinski definition) is 5. The summed E-state index contributed by atoms with van der Waals surface area (Å²) in [4.78, 5) is 24.2. The molecule has 7 nitrogen and oxygen atoms in total. The zero-order chi connectivity index (χ0) is 16.3. The quantitative estimate of drug-likeness (QED) is 0.619. The maximum absolute atomic E-state index is 12.3. The minimum Gasteiger partial charge on any atom is -0.444 e. The van der Waals surface area contributed by atoms with Crippen molar-refractivity contribution in [2.24, 2.45) is 0 Å². The van der Waals surface area contributed by atoms with Gasteiger partial charge in [0.15, 0.2) is 0 Å². The van der Waals surface area contributed by atoms with Crippen molar-refractivity contribution in [3.8, 4) is 0 Å². The van der Waals surface area contributed by atoms with Gasteiger partial charge in [0.1, 0.15) is 5.60 Å². The number of ether oxygens (including phenoxy) is 2. The standard InChI is InChI=1S/C15H20N2O5/c1-15(2,3)22-14(18)16-8-9-21-10-13(16)11-4-6-12(7-5-11)17(19)20/h4-7,13H,8-10H2,1-3H3/t13-/m0/s1. The van der Waals surface area contributed by atoms with Crippen molar-refractivity contribution in [1.29, 1.82) is 0 Å². The van der Waals surface area contributed by atoms with Crippen LogP contribution in [-0.4, -0.2) is 41.3 Å². The summed E-state index contributed by atoms with van der Waals surface area (Å²) in [7, 11) is 0. The van der Waals surface area contributed by atoms with Crippen molar-refractivity contribution < 1.29 is 19.2 Å². The highest BCUT2D eigenvalue weighted by atomic mass is 16.6. The van der Waals surface area contributed by atoms with Gasteiger partial charge in [-0.15, -0.1) is 0 Å². The number of nitrogens with zero attached hydrogens (tertiary/aromatic N) is 2. The summed E-state index contributed by atoms with van der Waals surface area (Å²) >= 11 is 0. The second-order valence-electron chi connectivity index (χ2n) is 6.11. The van der Waals surface area contributed by atoms with E-state index in [9.17, 15) is 14.9 Å². The van der Waals surface area contributed by atoms with E-state index in [1.807, 2.05) is 20.8 Å². The van der Waals surface area contributed by atoms with Gasteiger partial charge in [-0.3, -0.25) is 15.0 Å². The lowest BCUT2D eigenvalue weighted by atomic mass is 10.0. The Labute approximate surface area is 129 Å². The van der Waals surface area contributed by atoms with Crippen LogP contribution in [-0.2, 0) is 9.47 Å². The first-order valence-corrected chi connectivity index (χ1v) is 7.09. The number of nitro benzene ring substituents is 1. The summed E-state index contributed by atoms with van der Waals surface area (Å²) in [5.41, 5.74) is 0.232. The molecule has 0 unspecified atom stereocenters. The lowest BCUT2D eigenvalue weighted by Crippen LogP contribution is -2.45. The fourth-order valence-electron chi connectivity index (χ4n) is 2.24. The molecule has 0 radical (unpaired) electrons. The van der Waals surface area contributed by atoms with E-state index in [0.29, 0.717) is 19.8 Å². The van der Waals surface area contributed by atoms with E-state index in [0.717, 1.165) is 5.56 Å². The van der Waals surface area contributed by atoms with Crippen LogP contribution in [0.2, 0.25) is 0 Å². The number of amides is 1. The highest BCUT2D eigenvalue weighted by Crippen LogP contribution is 2.27. The monoisotopic (exact) mass is 308 g/mol. The van der Waals surface area contributed by atoms with Gasteiger partial charge in [0.05, 0.1) is 24.2 Å². The number of hydrogen-bond donors (Lipinski definition) is 0. The van der Waals surface area contributed by atoms with Crippen LogP contribution in [0.3, 0.4) is 0 Å². The second-order valence-corrected chi connectivity index (χ2v) is 6.11. The summed E-state index contributed by atoms with van der Waals surface area (Å²) in [6, 6.07) is 5.85. The van der Waals surface area contributed by atoms with E-state index >= 15 is 0 Å². The van der Waals surface area contributed by atoms with Crippen LogP contribution in [0.5, 0.6) is 0 Å². The summed E-state index contributed by atoms with van der Waals surface area (Å²) in [5.74, 6) is 0. The molecule has 0 spiro atoms. The molecule has 1 aromatic carbocycles. The first-order valence-electron chi connectivity index (χ1n) is 7.09. The van der Waals surface area contributed by atoms with Crippen molar-refractivity contribution in [3.05, 3.63) is 39.9 Å². The Kier molecular flexibility index (Phi) is 4.65. The van der Waals surface area contributed by atoms with Crippen molar-refractivity contribution in [1.82, 2.24) is 4.90 Å². The molecule has 0 N–H and O–H groups in total. The van der Waals surface area contributed by atoms with Crippen molar-refractivity contribution >= 4 is 11.8 Å². The predicted octanol–water partition coefficient (Wildman–Crippen LogP) is 2.90. The summed E-state index contributed by atoms with van der Waals surface area (Å²) in [6.45, 7) is 6.65. The fraction of sp³-hybridized carbons (Fsp3) is 0.533. The molecule has 1 aliphatic heterocycles. The van der Waals surface area contributed by atoms with E-state index in [4.69, 9.17) is 9.47 Å². The molecule has 1 amide bonds. The van der Waals surface area contributed by atoms with E-state index in [-0.39, 0.29) is 11.7 Å². The maximum Gasteiger partial charge on any atom is 0.410 e. The van der Waals surface area contributed by atoms with Crippen LogP contribution in [0, 0.1) is 10.1 Å². The molecule has 0 saturated carbocycles. The summed E-state index contributed by atoms with van der Waals surface area (Å²) < 4.78 is 10.9. The molecule has 1 heterocycles. The molecule has 7 heteroatoms. The number of morpholine rings is 1. The SMILES string of the molecule is CC(C)(C)OC(=O)N1CCOC[C@H]1c1ccc([N+](=O)[O-])cc1. The highest BCUT2D eigenvalue weighted by molar-refractivity contribution is 5.69. The molecule has 0 aromatic heterocycles. The first-order chi connectivity index (χ1) is 10.3. The molecule has 22 heavy (non-hydrogen) atoms. The van der Waals surface area contributed by atoms with Gasteiger partial charge in [0, 0.05) is 18.7 Å². The highest BCUT2D eigenvalue weighted by Gasteiger charge is 2.32. The lowest BCUT2D eigenvalue weighted by molar-refractivity contribution is -0.384. The maximum atomic E-state index is 12.3. The van der Waals surface area contributed by atoms with Gasteiger partial charge in [-0.25, -0.2) is 4.79 Å². The number of benzene rings is 1. The Hall–Kier alpha value is -2.15. The molecule has 0 bridgehead atoms. The second kappa shape index (κ2) is 6.31. The van der Waals surface area contributed by atoms with Gasteiger partial charge in [-0.1, -0.05) is 12.1 Å². The Bertz CT molecular complexity index is 550. The van der Waals surface area contributed by atoms with Crippen molar-refractivity contribution in [3.63, 3.8) is 0 Å². The zero-order valence-electron chi connectivity index (χ0n) is 12.9. The van der Waals surface area contributed by atoms with E-state index < -0.39 is 16.6 Å². The third-order valence-electron chi connectivity index (χ3n) is 3.25. The normalized spacial score (nSPS) is 18.9.